The van der Waals surface area contributed by atoms with Crippen molar-refractivity contribution in [3.05, 3.63) is 76.7 Å². The van der Waals surface area contributed by atoms with Crippen LogP contribution in [0.15, 0.2) is 64.7 Å². The number of carbonyl (C=O) groups excluding carboxylic acids is 1. The molecule has 1 N–H and O–H groups in total. The van der Waals surface area contributed by atoms with Crippen LogP contribution in [0.25, 0.3) is 16.7 Å². The first-order chi connectivity index (χ1) is 15.0. The van der Waals surface area contributed by atoms with Gasteiger partial charge in [-0.2, -0.15) is 5.10 Å². The predicted octanol–water partition coefficient (Wildman–Crippen LogP) is 3.54. The number of hydrogen-bond acceptors (Lipinski definition) is 5. The first-order valence-electron chi connectivity index (χ1n) is 9.44. The molecule has 0 fully saturated rings. The zero-order valence-corrected chi connectivity index (χ0v) is 16.8. The van der Waals surface area contributed by atoms with E-state index in [-0.39, 0.29) is 17.7 Å². The molecule has 156 valence electrons. The van der Waals surface area contributed by atoms with Crippen LogP contribution in [0.2, 0.25) is 0 Å². The number of halogens is 2. The molecule has 10 heteroatoms. The first-order valence-corrected chi connectivity index (χ1v) is 10.4. The molecule has 1 aliphatic rings. The first kappa shape index (κ1) is 19.4. The monoisotopic (exact) mass is 439 g/mol. The number of carbonyl (C=O) groups is 1. The van der Waals surface area contributed by atoms with E-state index < -0.39 is 23.6 Å². The topological polar surface area (TPSA) is 81.8 Å². The lowest BCUT2D eigenvalue weighted by atomic mass is 10.2. The average Bonchev–Trinajstić information content (AvgIpc) is 3.36. The SMILES string of the molecule is O=C(CC1CSc2nc3c(cnn3-c3ccccc3)c(=O)n21)Nc1cc(F)ccc1F. The fourth-order valence-corrected chi connectivity index (χ4v) is 4.68. The Bertz CT molecular complexity index is 1370. The van der Waals surface area contributed by atoms with E-state index in [9.17, 15) is 18.4 Å². The van der Waals surface area contributed by atoms with Gasteiger partial charge in [0.25, 0.3) is 5.56 Å². The minimum Gasteiger partial charge on any atom is -0.323 e. The predicted molar refractivity (Wildman–Crippen MR) is 112 cm³/mol. The van der Waals surface area contributed by atoms with Crippen LogP contribution in [0.3, 0.4) is 0 Å². The van der Waals surface area contributed by atoms with E-state index in [1.54, 1.807) is 4.68 Å². The largest absolute Gasteiger partial charge is 0.323 e. The molecule has 1 aliphatic heterocycles. The molecule has 1 amide bonds. The average molecular weight is 439 g/mol. The van der Waals surface area contributed by atoms with Gasteiger partial charge < -0.3 is 5.32 Å². The number of anilines is 1. The van der Waals surface area contributed by atoms with E-state index in [1.807, 2.05) is 30.3 Å². The third kappa shape index (κ3) is 3.48. The van der Waals surface area contributed by atoms with Gasteiger partial charge in [-0.25, -0.2) is 18.4 Å². The summed E-state index contributed by atoms with van der Waals surface area (Å²) in [6.07, 6.45) is 1.39. The maximum absolute atomic E-state index is 13.8. The van der Waals surface area contributed by atoms with E-state index in [4.69, 9.17) is 0 Å². The van der Waals surface area contributed by atoms with Gasteiger partial charge in [-0.1, -0.05) is 30.0 Å². The highest BCUT2D eigenvalue weighted by atomic mass is 32.2. The van der Waals surface area contributed by atoms with Crippen LogP contribution in [0.1, 0.15) is 12.5 Å². The molecule has 0 aliphatic carbocycles. The van der Waals surface area contributed by atoms with Gasteiger partial charge >= 0.3 is 0 Å². The van der Waals surface area contributed by atoms with Crippen molar-refractivity contribution in [1.29, 1.82) is 0 Å². The second kappa shape index (κ2) is 7.62. The Kier molecular flexibility index (Phi) is 4.78. The molecule has 1 atom stereocenters. The van der Waals surface area contributed by atoms with E-state index in [0.717, 1.165) is 23.9 Å². The van der Waals surface area contributed by atoms with Gasteiger partial charge in [0.15, 0.2) is 10.8 Å². The number of hydrogen-bond donors (Lipinski definition) is 1. The number of rotatable bonds is 4. The fraction of sp³-hybridized carbons (Fsp3) is 0.143. The highest BCUT2D eigenvalue weighted by molar-refractivity contribution is 7.99. The Balaban J connectivity index is 1.45. The van der Waals surface area contributed by atoms with E-state index in [1.165, 1.54) is 22.5 Å². The van der Waals surface area contributed by atoms with Crippen molar-refractivity contribution >= 4 is 34.4 Å². The second-order valence-corrected chi connectivity index (χ2v) is 8.03. The van der Waals surface area contributed by atoms with Crippen molar-refractivity contribution < 1.29 is 13.6 Å². The molecule has 0 radical (unpaired) electrons. The molecule has 7 nitrogen and oxygen atoms in total. The number of nitrogens with one attached hydrogen (secondary N) is 1. The van der Waals surface area contributed by atoms with Gasteiger partial charge in [0.2, 0.25) is 5.91 Å². The van der Waals surface area contributed by atoms with Crippen LogP contribution in [-0.2, 0) is 4.79 Å². The number of thioether (sulfide) groups is 1. The molecule has 0 saturated carbocycles. The summed E-state index contributed by atoms with van der Waals surface area (Å²) in [6, 6.07) is 11.7. The molecule has 2 aromatic heterocycles. The normalized spacial score (nSPS) is 15.2. The molecule has 5 rings (SSSR count). The Labute approximate surface area is 178 Å². The van der Waals surface area contributed by atoms with Gasteiger partial charge in [-0.3, -0.25) is 14.2 Å². The number of para-hydroxylation sites is 1. The van der Waals surface area contributed by atoms with Crippen LogP contribution in [-0.4, -0.2) is 31.0 Å². The summed E-state index contributed by atoms with van der Waals surface area (Å²) in [6.45, 7) is 0. The van der Waals surface area contributed by atoms with Crippen molar-refractivity contribution in [1.82, 2.24) is 19.3 Å². The molecule has 2 aromatic carbocycles. The number of fused-ring (bicyclic) bond motifs is 2. The van der Waals surface area contributed by atoms with E-state index in [2.05, 4.69) is 15.4 Å². The summed E-state index contributed by atoms with van der Waals surface area (Å²) in [5, 5.41) is 7.51. The third-order valence-corrected chi connectivity index (χ3v) is 6.09. The molecule has 1 unspecified atom stereocenters. The summed E-state index contributed by atoms with van der Waals surface area (Å²) in [5.74, 6) is -1.44. The van der Waals surface area contributed by atoms with Crippen molar-refractivity contribution in [2.45, 2.75) is 17.6 Å². The molecule has 3 heterocycles. The molecule has 31 heavy (non-hydrogen) atoms. The minimum absolute atomic E-state index is 0.0735. The Morgan fingerprint density at radius 3 is 2.81 bits per heavy atom. The van der Waals surface area contributed by atoms with Crippen molar-refractivity contribution in [2.75, 3.05) is 11.1 Å². The summed E-state index contributed by atoms with van der Waals surface area (Å²) < 4.78 is 30.2. The zero-order chi connectivity index (χ0) is 21.5. The van der Waals surface area contributed by atoms with E-state index in [0.29, 0.717) is 21.9 Å². The van der Waals surface area contributed by atoms with E-state index >= 15 is 0 Å². The van der Waals surface area contributed by atoms with Crippen LogP contribution in [0.5, 0.6) is 0 Å². The Morgan fingerprint density at radius 2 is 2.00 bits per heavy atom. The third-order valence-electron chi connectivity index (χ3n) is 4.99. The molecule has 4 aromatic rings. The van der Waals surface area contributed by atoms with Crippen LogP contribution in [0, 0.1) is 11.6 Å². The lowest BCUT2D eigenvalue weighted by Crippen LogP contribution is -2.28. The van der Waals surface area contributed by atoms with Gasteiger partial charge in [0.05, 0.1) is 23.6 Å². The van der Waals surface area contributed by atoms with Crippen molar-refractivity contribution in [3.8, 4) is 5.69 Å². The number of aromatic nitrogens is 4. The minimum atomic E-state index is -0.732. The molecule has 0 spiro atoms. The quantitative estimate of drug-likeness (QED) is 0.492. The molecular weight excluding hydrogens is 424 g/mol. The Hall–Kier alpha value is -3.53. The number of nitrogens with zero attached hydrogens (tertiary/aromatic N) is 4. The standard InChI is InChI=1S/C21H15F2N5O2S/c22-12-6-7-16(23)17(8-12)25-18(29)9-14-11-31-21-26-19-15(20(30)27(14)21)10-24-28(19)13-4-2-1-3-5-13/h1-8,10,14H,9,11H2,(H,25,29). The number of amides is 1. The maximum atomic E-state index is 13.8. The zero-order valence-electron chi connectivity index (χ0n) is 16.0. The van der Waals surface area contributed by atoms with Gasteiger partial charge in [0, 0.05) is 18.2 Å². The molecule has 0 bridgehead atoms. The van der Waals surface area contributed by atoms with Crippen LogP contribution in [0.4, 0.5) is 14.5 Å². The lowest BCUT2D eigenvalue weighted by Gasteiger charge is -2.14. The van der Waals surface area contributed by atoms with Gasteiger partial charge in [-0.15, -0.1) is 0 Å². The van der Waals surface area contributed by atoms with Crippen molar-refractivity contribution in [2.24, 2.45) is 0 Å². The summed E-state index contributed by atoms with van der Waals surface area (Å²) in [5.41, 5.74) is 0.704. The highest BCUT2D eigenvalue weighted by Crippen LogP contribution is 2.33. The van der Waals surface area contributed by atoms with Gasteiger partial charge in [0.1, 0.15) is 17.0 Å². The highest BCUT2D eigenvalue weighted by Gasteiger charge is 2.29. The summed E-state index contributed by atoms with van der Waals surface area (Å²) in [4.78, 5) is 30.2. The maximum Gasteiger partial charge on any atom is 0.265 e. The molecular formula is C21H15F2N5O2S. The lowest BCUT2D eigenvalue weighted by molar-refractivity contribution is -0.116. The smallest absolute Gasteiger partial charge is 0.265 e. The molecule has 0 saturated heterocycles. The van der Waals surface area contributed by atoms with Crippen LogP contribution < -0.4 is 10.9 Å². The van der Waals surface area contributed by atoms with Gasteiger partial charge in [-0.05, 0) is 24.3 Å². The Morgan fingerprint density at radius 1 is 1.19 bits per heavy atom. The van der Waals surface area contributed by atoms with Crippen molar-refractivity contribution in [3.63, 3.8) is 0 Å². The second-order valence-electron chi connectivity index (χ2n) is 7.04. The fourth-order valence-electron chi connectivity index (χ4n) is 3.55. The number of benzene rings is 2. The van der Waals surface area contributed by atoms with Crippen LogP contribution >= 0.6 is 11.8 Å². The summed E-state index contributed by atoms with van der Waals surface area (Å²) >= 11 is 1.36. The summed E-state index contributed by atoms with van der Waals surface area (Å²) in [7, 11) is 0.